The van der Waals surface area contributed by atoms with Crippen molar-refractivity contribution < 1.29 is 9.53 Å². The average Bonchev–Trinajstić information content (AvgIpc) is 2.56. The zero-order valence-electron chi connectivity index (χ0n) is 13.6. The fourth-order valence-electron chi connectivity index (χ4n) is 2.55. The Balaban J connectivity index is 2.69. The summed E-state index contributed by atoms with van der Waals surface area (Å²) in [5, 5.41) is 0. The highest BCUT2D eigenvalue weighted by Crippen LogP contribution is 2.29. The van der Waals surface area contributed by atoms with Crippen LogP contribution in [0.2, 0.25) is 0 Å². The number of carbonyl (C=O) groups excluding carboxylic acids is 1. The normalized spacial score (nSPS) is 25.8. The van der Waals surface area contributed by atoms with Gasteiger partial charge in [0, 0.05) is 18.1 Å². The number of carbonyl (C=O) groups is 1. The number of amides is 1. The first-order valence-corrected chi connectivity index (χ1v) is 7.29. The van der Waals surface area contributed by atoms with Crippen molar-refractivity contribution >= 4 is 6.09 Å². The van der Waals surface area contributed by atoms with Crippen molar-refractivity contribution in [3.8, 4) is 0 Å². The smallest absolute Gasteiger partial charge is 0.410 e. The molecule has 0 radical (unpaired) electrons. The van der Waals surface area contributed by atoms with Gasteiger partial charge in [0.2, 0.25) is 0 Å². The van der Waals surface area contributed by atoms with Crippen LogP contribution in [0.5, 0.6) is 0 Å². The Morgan fingerprint density at radius 3 is 2.42 bits per heavy atom. The molecule has 1 amide bonds. The summed E-state index contributed by atoms with van der Waals surface area (Å²) in [5.74, 6) is 0. The molecule has 1 heterocycles. The quantitative estimate of drug-likeness (QED) is 0.790. The predicted octanol–water partition coefficient (Wildman–Crippen LogP) is 3.11. The fourth-order valence-corrected chi connectivity index (χ4v) is 2.55. The first kappa shape index (κ1) is 16.3. The van der Waals surface area contributed by atoms with Gasteiger partial charge in [-0.2, -0.15) is 0 Å². The molecule has 0 aromatic carbocycles. The van der Waals surface area contributed by atoms with Gasteiger partial charge < -0.3 is 14.5 Å². The van der Waals surface area contributed by atoms with Gasteiger partial charge in [0.25, 0.3) is 0 Å². The zero-order valence-corrected chi connectivity index (χ0v) is 13.6. The highest BCUT2D eigenvalue weighted by Gasteiger charge is 2.37. The topological polar surface area (TPSA) is 32.8 Å². The molecule has 0 aromatic heterocycles. The van der Waals surface area contributed by atoms with Crippen LogP contribution in [0.4, 0.5) is 4.79 Å². The SMILES string of the molecule is CC(CC1CCC(C)N1C(=O)OC(C)(C)C)N(C)C. The van der Waals surface area contributed by atoms with Gasteiger partial charge in [-0.25, -0.2) is 4.79 Å². The van der Waals surface area contributed by atoms with E-state index in [4.69, 9.17) is 4.74 Å². The maximum absolute atomic E-state index is 12.3. The summed E-state index contributed by atoms with van der Waals surface area (Å²) in [6.45, 7) is 10.1. The summed E-state index contributed by atoms with van der Waals surface area (Å²) in [6.07, 6.45) is 3.01. The van der Waals surface area contributed by atoms with Crippen LogP contribution in [0.1, 0.15) is 53.9 Å². The third-order valence-electron chi connectivity index (χ3n) is 3.88. The van der Waals surface area contributed by atoms with Crippen LogP contribution in [0, 0.1) is 0 Å². The van der Waals surface area contributed by atoms with Gasteiger partial charge in [-0.1, -0.05) is 0 Å². The van der Waals surface area contributed by atoms with Gasteiger partial charge in [-0.05, 0) is 68.0 Å². The molecule has 1 aliphatic rings. The standard InChI is InChI=1S/C15H30N2O2/c1-11-8-9-13(10-12(2)16(6)7)17(11)14(18)19-15(3,4)5/h11-13H,8-10H2,1-7H3. The molecular formula is C15H30N2O2. The lowest BCUT2D eigenvalue weighted by atomic mass is 10.1. The summed E-state index contributed by atoms with van der Waals surface area (Å²) >= 11 is 0. The maximum Gasteiger partial charge on any atom is 0.410 e. The summed E-state index contributed by atoms with van der Waals surface area (Å²) < 4.78 is 5.54. The number of likely N-dealkylation sites (tertiary alicyclic amines) is 1. The summed E-state index contributed by atoms with van der Waals surface area (Å²) in [7, 11) is 4.17. The molecule has 3 atom stereocenters. The predicted molar refractivity (Wildman–Crippen MR) is 78.3 cm³/mol. The number of hydrogen-bond donors (Lipinski definition) is 0. The van der Waals surface area contributed by atoms with E-state index in [0.29, 0.717) is 12.1 Å². The lowest BCUT2D eigenvalue weighted by Gasteiger charge is -2.33. The van der Waals surface area contributed by atoms with Crippen molar-refractivity contribution in [1.82, 2.24) is 9.80 Å². The molecule has 3 unspecified atom stereocenters. The van der Waals surface area contributed by atoms with Gasteiger partial charge in [-0.3, -0.25) is 0 Å². The largest absolute Gasteiger partial charge is 0.444 e. The molecule has 1 rings (SSSR count). The second kappa shape index (κ2) is 6.12. The molecule has 4 heteroatoms. The minimum Gasteiger partial charge on any atom is -0.444 e. The third kappa shape index (κ3) is 4.68. The number of rotatable bonds is 3. The Morgan fingerprint density at radius 2 is 1.95 bits per heavy atom. The third-order valence-corrected chi connectivity index (χ3v) is 3.88. The van der Waals surface area contributed by atoms with Crippen molar-refractivity contribution in [1.29, 1.82) is 0 Å². The molecule has 0 N–H and O–H groups in total. The van der Waals surface area contributed by atoms with Crippen LogP contribution in [0.25, 0.3) is 0 Å². The molecule has 0 saturated carbocycles. The zero-order chi connectivity index (χ0) is 14.8. The number of ether oxygens (including phenoxy) is 1. The Morgan fingerprint density at radius 1 is 1.37 bits per heavy atom. The Kier molecular flexibility index (Phi) is 5.25. The van der Waals surface area contributed by atoms with Crippen molar-refractivity contribution in [3.05, 3.63) is 0 Å². The van der Waals surface area contributed by atoms with Crippen molar-refractivity contribution in [2.45, 2.75) is 77.6 Å². The van der Waals surface area contributed by atoms with Crippen LogP contribution in [0.15, 0.2) is 0 Å². The highest BCUT2D eigenvalue weighted by molar-refractivity contribution is 5.69. The molecule has 1 saturated heterocycles. The maximum atomic E-state index is 12.3. The molecule has 19 heavy (non-hydrogen) atoms. The Bertz CT molecular complexity index is 310. The molecule has 0 bridgehead atoms. The highest BCUT2D eigenvalue weighted by atomic mass is 16.6. The Hall–Kier alpha value is -0.770. The monoisotopic (exact) mass is 270 g/mol. The minimum atomic E-state index is -0.420. The van der Waals surface area contributed by atoms with Crippen LogP contribution < -0.4 is 0 Å². The second-order valence-electron chi connectivity index (χ2n) is 7.02. The molecule has 0 spiro atoms. The lowest BCUT2D eigenvalue weighted by molar-refractivity contribution is 0.0137. The van der Waals surface area contributed by atoms with Crippen LogP contribution in [0.3, 0.4) is 0 Å². The molecule has 112 valence electrons. The molecule has 4 nitrogen and oxygen atoms in total. The van der Waals surface area contributed by atoms with E-state index < -0.39 is 5.60 Å². The molecule has 0 aliphatic carbocycles. The first-order chi connectivity index (χ1) is 8.61. The van der Waals surface area contributed by atoms with E-state index in [2.05, 4.69) is 32.8 Å². The van der Waals surface area contributed by atoms with Gasteiger partial charge in [0.15, 0.2) is 0 Å². The van der Waals surface area contributed by atoms with Crippen molar-refractivity contribution in [3.63, 3.8) is 0 Å². The van der Waals surface area contributed by atoms with Gasteiger partial charge in [0.1, 0.15) is 5.60 Å². The fraction of sp³-hybridized carbons (Fsp3) is 0.933. The van der Waals surface area contributed by atoms with Gasteiger partial charge in [0.05, 0.1) is 0 Å². The van der Waals surface area contributed by atoms with Crippen molar-refractivity contribution in [2.24, 2.45) is 0 Å². The van der Waals surface area contributed by atoms with Crippen molar-refractivity contribution in [2.75, 3.05) is 14.1 Å². The van der Waals surface area contributed by atoms with E-state index >= 15 is 0 Å². The molecule has 0 aromatic rings. The number of nitrogens with zero attached hydrogens (tertiary/aromatic N) is 2. The van der Waals surface area contributed by atoms with Crippen LogP contribution in [-0.4, -0.2) is 53.7 Å². The molecule has 1 fully saturated rings. The number of hydrogen-bond acceptors (Lipinski definition) is 3. The van der Waals surface area contributed by atoms with Gasteiger partial charge in [-0.15, -0.1) is 0 Å². The first-order valence-electron chi connectivity index (χ1n) is 7.29. The average molecular weight is 270 g/mol. The molecule has 1 aliphatic heterocycles. The van der Waals surface area contributed by atoms with E-state index in [-0.39, 0.29) is 12.1 Å². The van der Waals surface area contributed by atoms with E-state index in [1.807, 2.05) is 25.7 Å². The molecular weight excluding hydrogens is 240 g/mol. The van der Waals surface area contributed by atoms with Crippen LogP contribution >= 0.6 is 0 Å². The minimum absolute atomic E-state index is 0.159. The lowest BCUT2D eigenvalue weighted by Crippen LogP contribution is -2.45. The Labute approximate surface area is 118 Å². The summed E-state index contributed by atoms with van der Waals surface area (Å²) in [5.41, 5.74) is -0.420. The summed E-state index contributed by atoms with van der Waals surface area (Å²) in [4.78, 5) is 16.5. The van der Waals surface area contributed by atoms with Crippen LogP contribution in [-0.2, 0) is 4.74 Å². The van der Waals surface area contributed by atoms with E-state index in [1.165, 1.54) is 0 Å². The summed E-state index contributed by atoms with van der Waals surface area (Å²) in [6, 6.07) is 1.07. The van der Waals surface area contributed by atoms with E-state index in [1.54, 1.807) is 0 Å². The van der Waals surface area contributed by atoms with Gasteiger partial charge >= 0.3 is 6.09 Å². The van der Waals surface area contributed by atoms with E-state index in [0.717, 1.165) is 19.3 Å². The van der Waals surface area contributed by atoms with E-state index in [9.17, 15) is 4.79 Å². The second-order valence-corrected chi connectivity index (χ2v) is 7.02.